The topological polar surface area (TPSA) is 41.3 Å². The first kappa shape index (κ1) is 16.5. The summed E-state index contributed by atoms with van der Waals surface area (Å²) in [6.45, 7) is 5.63. The van der Waals surface area contributed by atoms with Crippen molar-refractivity contribution in [1.82, 2.24) is 10.2 Å². The molecule has 0 radical (unpaired) electrons. The van der Waals surface area contributed by atoms with Crippen LogP contribution in [0.25, 0.3) is 0 Å². The van der Waals surface area contributed by atoms with Crippen LogP contribution in [0.5, 0.6) is 0 Å². The van der Waals surface area contributed by atoms with Crippen molar-refractivity contribution in [3.8, 4) is 0 Å². The van der Waals surface area contributed by atoms with E-state index in [2.05, 4.69) is 62.4 Å². The minimum atomic E-state index is 0.185. The van der Waals surface area contributed by atoms with Crippen LogP contribution in [-0.2, 0) is 0 Å². The van der Waals surface area contributed by atoms with Gasteiger partial charge in [0, 0.05) is 24.7 Å². The standard InChI is InChI=1S/C18H31N3/c1-5-13(6-2)18(21(3)4)12-20-17-11-16(19)14-9-7-8-10-15(14)17/h7-10,13,16-18,20H,5-6,11-12,19H2,1-4H3. The maximum absolute atomic E-state index is 6.26. The lowest BCUT2D eigenvalue weighted by Gasteiger charge is -2.32. The van der Waals surface area contributed by atoms with E-state index in [0.717, 1.165) is 18.9 Å². The lowest BCUT2D eigenvalue weighted by atomic mass is 9.93. The van der Waals surface area contributed by atoms with Gasteiger partial charge in [0.15, 0.2) is 0 Å². The summed E-state index contributed by atoms with van der Waals surface area (Å²) in [5.74, 6) is 0.748. The van der Waals surface area contributed by atoms with Crippen molar-refractivity contribution in [1.29, 1.82) is 0 Å². The maximum atomic E-state index is 6.26. The molecule has 2 rings (SSSR count). The summed E-state index contributed by atoms with van der Waals surface area (Å²) in [6.07, 6.45) is 3.49. The molecule has 0 heterocycles. The third kappa shape index (κ3) is 3.65. The molecule has 3 unspecified atom stereocenters. The zero-order valence-electron chi connectivity index (χ0n) is 14.0. The molecule has 0 saturated carbocycles. The molecule has 1 aliphatic carbocycles. The first-order chi connectivity index (χ1) is 10.1. The number of benzene rings is 1. The zero-order valence-corrected chi connectivity index (χ0v) is 14.0. The normalized spacial score (nSPS) is 22.8. The summed E-state index contributed by atoms with van der Waals surface area (Å²) in [6, 6.07) is 9.79. The van der Waals surface area contributed by atoms with Gasteiger partial charge in [-0.05, 0) is 37.6 Å². The largest absolute Gasteiger partial charge is 0.324 e. The highest BCUT2D eigenvalue weighted by Gasteiger charge is 2.29. The molecule has 21 heavy (non-hydrogen) atoms. The van der Waals surface area contributed by atoms with E-state index in [1.807, 2.05) is 0 Å². The molecule has 3 heteroatoms. The van der Waals surface area contributed by atoms with Crippen LogP contribution in [0.2, 0.25) is 0 Å². The van der Waals surface area contributed by atoms with Crippen LogP contribution in [0.3, 0.4) is 0 Å². The van der Waals surface area contributed by atoms with Gasteiger partial charge in [-0.1, -0.05) is 51.0 Å². The molecular formula is C18H31N3. The molecule has 3 N–H and O–H groups in total. The number of nitrogens with one attached hydrogen (secondary N) is 1. The van der Waals surface area contributed by atoms with Gasteiger partial charge in [-0.15, -0.1) is 0 Å². The summed E-state index contributed by atoms with van der Waals surface area (Å²) in [7, 11) is 4.39. The molecule has 3 nitrogen and oxygen atoms in total. The summed E-state index contributed by atoms with van der Waals surface area (Å²) in [4.78, 5) is 2.37. The Morgan fingerprint density at radius 2 is 1.81 bits per heavy atom. The summed E-state index contributed by atoms with van der Waals surface area (Å²) >= 11 is 0. The fourth-order valence-corrected chi connectivity index (χ4v) is 3.73. The van der Waals surface area contributed by atoms with Gasteiger partial charge in [0.2, 0.25) is 0 Å². The maximum Gasteiger partial charge on any atom is 0.0342 e. The first-order valence-electron chi connectivity index (χ1n) is 8.32. The average molecular weight is 289 g/mol. The van der Waals surface area contributed by atoms with Crippen molar-refractivity contribution in [2.45, 2.75) is 51.2 Å². The van der Waals surface area contributed by atoms with Crippen LogP contribution in [0.1, 0.15) is 56.3 Å². The van der Waals surface area contributed by atoms with Crippen molar-refractivity contribution in [3.63, 3.8) is 0 Å². The third-order valence-corrected chi connectivity index (χ3v) is 5.09. The van der Waals surface area contributed by atoms with Crippen LogP contribution < -0.4 is 11.1 Å². The Hall–Kier alpha value is -0.900. The Labute approximate surface area is 129 Å². The predicted molar refractivity (Wildman–Crippen MR) is 90.3 cm³/mol. The number of hydrogen-bond acceptors (Lipinski definition) is 3. The molecule has 1 aromatic carbocycles. The Morgan fingerprint density at radius 1 is 1.19 bits per heavy atom. The number of nitrogens with two attached hydrogens (primary N) is 1. The highest BCUT2D eigenvalue weighted by molar-refractivity contribution is 5.37. The third-order valence-electron chi connectivity index (χ3n) is 5.09. The minimum Gasteiger partial charge on any atom is -0.324 e. The van der Waals surface area contributed by atoms with E-state index >= 15 is 0 Å². The summed E-state index contributed by atoms with van der Waals surface area (Å²) < 4.78 is 0. The summed E-state index contributed by atoms with van der Waals surface area (Å²) in [5, 5.41) is 3.78. The lowest BCUT2D eigenvalue weighted by molar-refractivity contribution is 0.189. The van der Waals surface area contributed by atoms with Gasteiger partial charge in [0.25, 0.3) is 0 Å². The Balaban J connectivity index is 2.02. The van der Waals surface area contributed by atoms with Crippen LogP contribution >= 0.6 is 0 Å². The average Bonchev–Trinajstić information content (AvgIpc) is 2.80. The van der Waals surface area contributed by atoms with E-state index < -0.39 is 0 Å². The van der Waals surface area contributed by atoms with E-state index in [-0.39, 0.29) is 6.04 Å². The Bertz CT molecular complexity index is 440. The molecular weight excluding hydrogens is 258 g/mol. The van der Waals surface area contributed by atoms with E-state index in [4.69, 9.17) is 5.73 Å². The molecule has 0 aliphatic heterocycles. The monoisotopic (exact) mass is 289 g/mol. The molecule has 0 saturated heterocycles. The fraction of sp³-hybridized carbons (Fsp3) is 0.667. The molecule has 0 bridgehead atoms. The number of rotatable bonds is 7. The smallest absolute Gasteiger partial charge is 0.0342 e. The molecule has 3 atom stereocenters. The highest BCUT2D eigenvalue weighted by atomic mass is 15.1. The highest BCUT2D eigenvalue weighted by Crippen LogP contribution is 2.37. The Kier molecular flexibility index (Phi) is 5.80. The van der Waals surface area contributed by atoms with E-state index in [9.17, 15) is 0 Å². The predicted octanol–water partition coefficient (Wildman–Crippen LogP) is 3.09. The van der Waals surface area contributed by atoms with Crippen molar-refractivity contribution >= 4 is 0 Å². The van der Waals surface area contributed by atoms with Crippen molar-refractivity contribution in [2.75, 3.05) is 20.6 Å². The lowest BCUT2D eigenvalue weighted by Crippen LogP contribution is -2.43. The molecule has 0 fully saturated rings. The summed E-state index contributed by atoms with van der Waals surface area (Å²) in [5.41, 5.74) is 8.98. The number of likely N-dealkylation sites (N-methyl/N-ethyl adjacent to an activating group) is 1. The molecule has 1 aromatic rings. The van der Waals surface area contributed by atoms with E-state index in [0.29, 0.717) is 12.1 Å². The van der Waals surface area contributed by atoms with Gasteiger partial charge >= 0.3 is 0 Å². The SMILES string of the molecule is CCC(CC)C(CNC1CC(N)c2ccccc21)N(C)C. The van der Waals surface area contributed by atoms with Gasteiger partial charge in [-0.2, -0.15) is 0 Å². The second-order valence-electron chi connectivity index (χ2n) is 6.54. The Morgan fingerprint density at radius 3 is 2.38 bits per heavy atom. The van der Waals surface area contributed by atoms with Crippen LogP contribution in [0.15, 0.2) is 24.3 Å². The van der Waals surface area contributed by atoms with E-state index in [1.165, 1.54) is 24.0 Å². The van der Waals surface area contributed by atoms with Crippen LogP contribution in [0.4, 0.5) is 0 Å². The first-order valence-corrected chi connectivity index (χ1v) is 8.32. The fourth-order valence-electron chi connectivity index (χ4n) is 3.73. The van der Waals surface area contributed by atoms with Crippen LogP contribution in [0, 0.1) is 5.92 Å². The molecule has 1 aliphatic rings. The molecule has 0 amide bonds. The second-order valence-corrected chi connectivity index (χ2v) is 6.54. The second kappa shape index (κ2) is 7.39. The quantitative estimate of drug-likeness (QED) is 0.810. The van der Waals surface area contributed by atoms with Gasteiger partial charge in [0.1, 0.15) is 0 Å². The zero-order chi connectivity index (χ0) is 15.4. The molecule has 0 spiro atoms. The minimum absolute atomic E-state index is 0.185. The molecule has 0 aromatic heterocycles. The van der Waals surface area contributed by atoms with E-state index in [1.54, 1.807) is 0 Å². The van der Waals surface area contributed by atoms with Gasteiger partial charge in [-0.3, -0.25) is 0 Å². The van der Waals surface area contributed by atoms with Crippen molar-refractivity contribution in [3.05, 3.63) is 35.4 Å². The van der Waals surface area contributed by atoms with Crippen LogP contribution in [-0.4, -0.2) is 31.6 Å². The van der Waals surface area contributed by atoms with Gasteiger partial charge in [0.05, 0.1) is 0 Å². The van der Waals surface area contributed by atoms with Gasteiger partial charge in [-0.25, -0.2) is 0 Å². The number of nitrogens with zero attached hydrogens (tertiary/aromatic N) is 1. The van der Waals surface area contributed by atoms with Gasteiger partial charge < -0.3 is 16.0 Å². The number of fused-ring (bicyclic) bond motifs is 1. The van der Waals surface area contributed by atoms with Crippen molar-refractivity contribution in [2.24, 2.45) is 11.7 Å². The molecule has 118 valence electrons. The number of hydrogen-bond donors (Lipinski definition) is 2. The van der Waals surface area contributed by atoms with Crippen molar-refractivity contribution < 1.29 is 0 Å².